The molecule has 154 valence electrons. The van der Waals surface area contributed by atoms with Gasteiger partial charge in [-0.1, -0.05) is 6.07 Å². The van der Waals surface area contributed by atoms with Gasteiger partial charge in [0.2, 0.25) is 5.91 Å². The minimum absolute atomic E-state index is 0.226. The molecule has 1 aliphatic carbocycles. The molecule has 30 heavy (non-hydrogen) atoms. The number of nitrogens with one attached hydrogen (secondary N) is 3. The van der Waals surface area contributed by atoms with Crippen LogP contribution in [0.2, 0.25) is 0 Å². The van der Waals surface area contributed by atoms with E-state index >= 15 is 0 Å². The molecule has 2 fully saturated rings. The fourth-order valence-electron chi connectivity index (χ4n) is 3.47. The predicted molar refractivity (Wildman–Crippen MR) is 111 cm³/mol. The molecule has 1 atom stereocenters. The molecule has 5 rings (SSSR count). The molecule has 8 nitrogen and oxygen atoms in total. The van der Waals surface area contributed by atoms with Gasteiger partial charge >= 0.3 is 0 Å². The van der Waals surface area contributed by atoms with Crippen LogP contribution < -0.4 is 16.0 Å². The smallest absolute Gasteiger partial charge is 0.249 e. The van der Waals surface area contributed by atoms with Crippen LogP contribution in [0.15, 0.2) is 36.0 Å². The van der Waals surface area contributed by atoms with Crippen LogP contribution in [-0.2, 0) is 4.79 Å². The van der Waals surface area contributed by atoms with E-state index in [-0.39, 0.29) is 18.1 Å². The fraction of sp³-hybridized carbons (Fsp3) is 0.286. The summed E-state index contributed by atoms with van der Waals surface area (Å²) < 4.78 is 15.6. The number of halogens is 1. The highest BCUT2D eigenvalue weighted by Crippen LogP contribution is 2.29. The number of anilines is 3. The number of nitrogens with zero attached hydrogens (tertiary/aromatic N) is 3. The predicted octanol–water partition coefficient (Wildman–Crippen LogP) is 2.72. The van der Waals surface area contributed by atoms with Crippen LogP contribution in [0, 0.1) is 12.7 Å². The Labute approximate surface area is 171 Å². The van der Waals surface area contributed by atoms with Gasteiger partial charge in [0.15, 0.2) is 5.65 Å². The first kappa shape index (κ1) is 18.6. The first-order valence-corrected chi connectivity index (χ1v) is 9.85. The molecule has 1 saturated carbocycles. The SMILES string of the molecule is Cc1c(F)cccc1Nc1cc(NC2CC2)n2ncc(/C=C3\CC(O)NC3=O)c2n1. The van der Waals surface area contributed by atoms with E-state index in [1.54, 1.807) is 35.8 Å². The van der Waals surface area contributed by atoms with E-state index in [9.17, 15) is 14.3 Å². The standard InChI is InChI=1S/C21H21FN6O2/c1-11-15(22)3-2-4-16(11)25-17-9-18(24-14-5-6-14)28-20(26-17)13(10-23-28)7-12-8-19(29)27-21(12)30/h2-4,7,9-10,14,19,24,29H,5-6,8H2,1H3,(H,25,26)(H,27,30)/b12-7+. The second-order valence-corrected chi connectivity index (χ2v) is 7.68. The number of aliphatic hydroxyl groups is 1. The molecule has 3 aromatic rings. The molecular weight excluding hydrogens is 387 g/mol. The molecule has 1 aliphatic heterocycles. The zero-order valence-corrected chi connectivity index (χ0v) is 16.3. The number of fused-ring (bicyclic) bond motifs is 1. The molecule has 2 aromatic heterocycles. The van der Waals surface area contributed by atoms with E-state index in [0.717, 1.165) is 18.7 Å². The molecule has 0 radical (unpaired) electrons. The van der Waals surface area contributed by atoms with Gasteiger partial charge in [0.25, 0.3) is 0 Å². The lowest BCUT2D eigenvalue weighted by atomic mass is 10.1. The number of amides is 1. The monoisotopic (exact) mass is 408 g/mol. The molecule has 1 amide bonds. The van der Waals surface area contributed by atoms with Crippen LogP contribution in [0.5, 0.6) is 0 Å². The van der Waals surface area contributed by atoms with E-state index in [1.165, 1.54) is 6.07 Å². The first-order chi connectivity index (χ1) is 14.5. The maximum Gasteiger partial charge on any atom is 0.249 e. The minimum atomic E-state index is -0.876. The molecule has 0 spiro atoms. The Morgan fingerprint density at radius 2 is 2.20 bits per heavy atom. The van der Waals surface area contributed by atoms with Crippen LogP contribution in [0.4, 0.5) is 21.7 Å². The number of aliphatic hydroxyl groups excluding tert-OH is 1. The molecule has 1 aromatic carbocycles. The summed E-state index contributed by atoms with van der Waals surface area (Å²) in [6.07, 6.45) is 4.86. The van der Waals surface area contributed by atoms with Gasteiger partial charge in [-0.15, -0.1) is 0 Å². The van der Waals surface area contributed by atoms with Crippen molar-refractivity contribution in [3.63, 3.8) is 0 Å². The summed E-state index contributed by atoms with van der Waals surface area (Å²) in [5.74, 6) is 0.704. The van der Waals surface area contributed by atoms with Crippen molar-refractivity contribution < 1.29 is 14.3 Å². The van der Waals surface area contributed by atoms with Crippen molar-refractivity contribution in [3.05, 3.63) is 53.0 Å². The summed E-state index contributed by atoms with van der Waals surface area (Å²) in [6, 6.07) is 7.08. The molecule has 4 N–H and O–H groups in total. The van der Waals surface area contributed by atoms with E-state index in [0.29, 0.717) is 39.9 Å². The molecule has 3 heterocycles. The molecule has 1 unspecified atom stereocenters. The number of rotatable bonds is 5. The molecule has 1 saturated heterocycles. The van der Waals surface area contributed by atoms with Crippen molar-refractivity contribution in [1.29, 1.82) is 0 Å². The van der Waals surface area contributed by atoms with Crippen LogP contribution in [0.3, 0.4) is 0 Å². The number of hydrogen-bond acceptors (Lipinski definition) is 6. The third-order valence-corrected chi connectivity index (χ3v) is 5.29. The number of hydrogen-bond donors (Lipinski definition) is 4. The lowest BCUT2D eigenvalue weighted by Gasteiger charge is -2.13. The van der Waals surface area contributed by atoms with Crippen LogP contribution >= 0.6 is 0 Å². The van der Waals surface area contributed by atoms with Crippen molar-refractivity contribution in [2.75, 3.05) is 10.6 Å². The maximum atomic E-state index is 14.0. The van der Waals surface area contributed by atoms with Crippen molar-refractivity contribution in [2.24, 2.45) is 0 Å². The highest BCUT2D eigenvalue weighted by molar-refractivity contribution is 6.00. The van der Waals surface area contributed by atoms with Gasteiger partial charge in [0, 0.05) is 40.9 Å². The van der Waals surface area contributed by atoms with E-state index in [4.69, 9.17) is 0 Å². The van der Waals surface area contributed by atoms with Gasteiger partial charge in [0.05, 0.1) is 6.20 Å². The second kappa shape index (κ2) is 7.10. The zero-order chi connectivity index (χ0) is 20.8. The highest BCUT2D eigenvalue weighted by atomic mass is 19.1. The number of carbonyl (C=O) groups excluding carboxylic acids is 1. The fourth-order valence-corrected chi connectivity index (χ4v) is 3.47. The third-order valence-electron chi connectivity index (χ3n) is 5.29. The van der Waals surface area contributed by atoms with Gasteiger partial charge in [-0.3, -0.25) is 4.79 Å². The van der Waals surface area contributed by atoms with Crippen LogP contribution in [0.25, 0.3) is 11.7 Å². The number of aromatic nitrogens is 3. The maximum absolute atomic E-state index is 14.0. The first-order valence-electron chi connectivity index (χ1n) is 9.85. The molecule has 2 aliphatic rings. The van der Waals surface area contributed by atoms with E-state index in [1.807, 2.05) is 6.07 Å². The normalized spacial score (nSPS) is 20.0. The van der Waals surface area contributed by atoms with Crippen LogP contribution in [-0.4, -0.2) is 37.9 Å². The minimum Gasteiger partial charge on any atom is -0.373 e. The highest BCUT2D eigenvalue weighted by Gasteiger charge is 2.26. The van der Waals surface area contributed by atoms with Crippen molar-refractivity contribution in [1.82, 2.24) is 19.9 Å². The topological polar surface area (TPSA) is 104 Å². The van der Waals surface area contributed by atoms with Gasteiger partial charge in [-0.25, -0.2) is 9.37 Å². The van der Waals surface area contributed by atoms with Gasteiger partial charge in [-0.05, 0) is 38.0 Å². The average molecular weight is 408 g/mol. The van der Waals surface area contributed by atoms with E-state index in [2.05, 4.69) is 26.0 Å². The molecular formula is C21H21FN6O2. The van der Waals surface area contributed by atoms with Gasteiger partial charge < -0.3 is 21.1 Å². The number of carbonyl (C=O) groups is 1. The largest absolute Gasteiger partial charge is 0.373 e. The van der Waals surface area contributed by atoms with E-state index < -0.39 is 6.23 Å². The van der Waals surface area contributed by atoms with Crippen molar-refractivity contribution in [2.45, 2.75) is 38.5 Å². The quantitative estimate of drug-likeness (QED) is 0.484. The Kier molecular flexibility index (Phi) is 4.39. The summed E-state index contributed by atoms with van der Waals surface area (Å²) >= 11 is 0. The lowest BCUT2D eigenvalue weighted by Crippen LogP contribution is -2.24. The zero-order valence-electron chi connectivity index (χ0n) is 16.3. The van der Waals surface area contributed by atoms with Gasteiger partial charge in [0.1, 0.15) is 23.7 Å². The lowest BCUT2D eigenvalue weighted by molar-refractivity contribution is -0.117. The Balaban J connectivity index is 1.58. The van der Waals surface area contributed by atoms with Gasteiger partial charge in [-0.2, -0.15) is 9.61 Å². The van der Waals surface area contributed by atoms with Crippen molar-refractivity contribution >= 4 is 35.0 Å². The summed E-state index contributed by atoms with van der Waals surface area (Å²) in [6.45, 7) is 1.71. The average Bonchev–Trinajstić information content (AvgIpc) is 3.34. The van der Waals surface area contributed by atoms with Crippen LogP contribution in [0.1, 0.15) is 30.4 Å². The summed E-state index contributed by atoms with van der Waals surface area (Å²) in [5.41, 5.74) is 2.81. The second-order valence-electron chi connectivity index (χ2n) is 7.68. The summed E-state index contributed by atoms with van der Waals surface area (Å²) in [4.78, 5) is 16.7. The third kappa shape index (κ3) is 3.48. The molecule has 0 bridgehead atoms. The Bertz CT molecular complexity index is 1180. The Hall–Kier alpha value is -3.46. The van der Waals surface area contributed by atoms with Crippen molar-refractivity contribution in [3.8, 4) is 0 Å². The Morgan fingerprint density at radius 3 is 2.93 bits per heavy atom. The summed E-state index contributed by atoms with van der Waals surface area (Å²) in [7, 11) is 0. The molecule has 9 heteroatoms. The summed E-state index contributed by atoms with van der Waals surface area (Å²) in [5, 5.41) is 23.2. The Morgan fingerprint density at radius 1 is 1.37 bits per heavy atom. The number of benzene rings is 1.